The minimum absolute atomic E-state index is 0.385. The van der Waals surface area contributed by atoms with Crippen molar-refractivity contribution in [3.63, 3.8) is 0 Å². The van der Waals surface area contributed by atoms with Gasteiger partial charge in [0.15, 0.2) is 0 Å². The van der Waals surface area contributed by atoms with Crippen LogP contribution in [0.4, 0.5) is 11.8 Å². The largest absolute Gasteiger partial charge is 0.368 e. The lowest BCUT2D eigenvalue weighted by atomic mass is 10.1. The molecular formula is C11H14N4S. The fourth-order valence-electron chi connectivity index (χ4n) is 2.20. The molecule has 1 saturated heterocycles. The van der Waals surface area contributed by atoms with E-state index in [1.165, 1.54) is 19.3 Å². The van der Waals surface area contributed by atoms with Gasteiger partial charge >= 0.3 is 0 Å². The van der Waals surface area contributed by atoms with Crippen LogP contribution in [-0.2, 0) is 0 Å². The summed E-state index contributed by atoms with van der Waals surface area (Å²) in [4.78, 5) is 12.0. The third kappa shape index (κ3) is 1.61. The van der Waals surface area contributed by atoms with Gasteiger partial charge in [-0.15, -0.1) is 11.3 Å². The average Bonchev–Trinajstić information content (AvgIpc) is 2.77. The number of nitrogens with zero attached hydrogens (tertiary/aromatic N) is 3. The zero-order valence-electron chi connectivity index (χ0n) is 9.02. The van der Waals surface area contributed by atoms with Crippen molar-refractivity contribution in [1.82, 2.24) is 9.97 Å². The molecular weight excluding hydrogens is 220 g/mol. The van der Waals surface area contributed by atoms with Crippen molar-refractivity contribution < 1.29 is 0 Å². The Kier molecular flexibility index (Phi) is 2.40. The standard InChI is InChI=1S/C11H14N4S/c12-11-13-9(15-5-2-1-3-6-15)8-4-7-16-10(8)14-11/h4,7H,1-3,5-6H2,(H2,12,13,14). The van der Waals surface area contributed by atoms with Crippen molar-refractivity contribution >= 4 is 33.3 Å². The summed E-state index contributed by atoms with van der Waals surface area (Å²) in [6, 6.07) is 2.09. The maximum absolute atomic E-state index is 5.75. The molecule has 3 heterocycles. The van der Waals surface area contributed by atoms with Gasteiger partial charge in [0.1, 0.15) is 10.6 Å². The summed E-state index contributed by atoms with van der Waals surface area (Å²) in [6.07, 6.45) is 3.81. The normalized spacial score (nSPS) is 16.9. The summed E-state index contributed by atoms with van der Waals surface area (Å²) < 4.78 is 0. The van der Waals surface area contributed by atoms with E-state index in [0.717, 1.165) is 29.1 Å². The van der Waals surface area contributed by atoms with Crippen molar-refractivity contribution in [1.29, 1.82) is 0 Å². The molecule has 0 radical (unpaired) electrons. The second-order valence-corrected chi connectivity index (χ2v) is 4.99. The molecule has 1 fully saturated rings. The summed E-state index contributed by atoms with van der Waals surface area (Å²) in [5.41, 5.74) is 5.75. The van der Waals surface area contributed by atoms with Gasteiger partial charge in [0.05, 0.1) is 5.39 Å². The van der Waals surface area contributed by atoms with Crippen molar-refractivity contribution in [2.24, 2.45) is 0 Å². The third-order valence-corrected chi connectivity index (χ3v) is 3.78. The molecule has 84 valence electrons. The Morgan fingerprint density at radius 2 is 2.00 bits per heavy atom. The van der Waals surface area contributed by atoms with Gasteiger partial charge < -0.3 is 10.6 Å². The van der Waals surface area contributed by atoms with E-state index >= 15 is 0 Å². The Morgan fingerprint density at radius 1 is 1.19 bits per heavy atom. The first-order chi connectivity index (χ1) is 7.84. The first kappa shape index (κ1) is 9.84. The molecule has 2 aromatic heterocycles. The topological polar surface area (TPSA) is 55.0 Å². The highest BCUT2D eigenvalue weighted by molar-refractivity contribution is 7.16. The van der Waals surface area contributed by atoms with Gasteiger partial charge in [-0.25, -0.2) is 4.98 Å². The average molecular weight is 234 g/mol. The van der Waals surface area contributed by atoms with Crippen LogP contribution < -0.4 is 10.6 Å². The number of rotatable bonds is 1. The van der Waals surface area contributed by atoms with Crippen LogP contribution in [0.2, 0.25) is 0 Å². The van der Waals surface area contributed by atoms with Gasteiger partial charge in [-0.05, 0) is 30.7 Å². The number of hydrogen-bond donors (Lipinski definition) is 1. The van der Waals surface area contributed by atoms with E-state index in [4.69, 9.17) is 5.73 Å². The zero-order valence-corrected chi connectivity index (χ0v) is 9.83. The maximum Gasteiger partial charge on any atom is 0.223 e. The molecule has 0 atom stereocenters. The van der Waals surface area contributed by atoms with Crippen LogP contribution in [0, 0.1) is 0 Å². The summed E-state index contributed by atoms with van der Waals surface area (Å²) in [5.74, 6) is 1.40. The van der Waals surface area contributed by atoms with E-state index in [9.17, 15) is 0 Å². The number of anilines is 2. The van der Waals surface area contributed by atoms with Crippen LogP contribution in [0.15, 0.2) is 11.4 Å². The highest BCUT2D eigenvalue weighted by atomic mass is 32.1. The maximum atomic E-state index is 5.75. The monoisotopic (exact) mass is 234 g/mol. The fraction of sp³-hybridized carbons (Fsp3) is 0.455. The highest BCUT2D eigenvalue weighted by Crippen LogP contribution is 2.29. The van der Waals surface area contributed by atoms with Crippen LogP contribution in [-0.4, -0.2) is 23.1 Å². The highest BCUT2D eigenvalue weighted by Gasteiger charge is 2.16. The van der Waals surface area contributed by atoms with Crippen LogP contribution in [0.1, 0.15) is 19.3 Å². The number of thiophene rings is 1. The molecule has 0 amide bonds. The van der Waals surface area contributed by atoms with Gasteiger partial charge in [-0.1, -0.05) is 0 Å². The molecule has 3 rings (SSSR count). The Morgan fingerprint density at radius 3 is 2.81 bits per heavy atom. The molecule has 2 N–H and O–H groups in total. The number of nitrogens with two attached hydrogens (primary N) is 1. The van der Waals surface area contributed by atoms with E-state index in [-0.39, 0.29) is 0 Å². The quantitative estimate of drug-likeness (QED) is 0.822. The Balaban J connectivity index is 2.09. The molecule has 0 saturated carbocycles. The number of nitrogen functional groups attached to an aromatic ring is 1. The molecule has 5 heteroatoms. The van der Waals surface area contributed by atoms with E-state index in [1.54, 1.807) is 11.3 Å². The zero-order chi connectivity index (χ0) is 11.0. The third-order valence-electron chi connectivity index (χ3n) is 2.98. The Hall–Kier alpha value is -1.36. The van der Waals surface area contributed by atoms with Gasteiger partial charge in [0.25, 0.3) is 0 Å². The molecule has 4 nitrogen and oxygen atoms in total. The lowest BCUT2D eigenvalue weighted by molar-refractivity contribution is 0.575. The number of aromatic nitrogens is 2. The lowest BCUT2D eigenvalue weighted by Gasteiger charge is -2.28. The Bertz CT molecular complexity index is 502. The number of fused-ring (bicyclic) bond motifs is 1. The van der Waals surface area contributed by atoms with Crippen LogP contribution in [0.25, 0.3) is 10.2 Å². The van der Waals surface area contributed by atoms with E-state index < -0.39 is 0 Å². The molecule has 0 bridgehead atoms. The van der Waals surface area contributed by atoms with Gasteiger partial charge in [0.2, 0.25) is 5.95 Å². The van der Waals surface area contributed by atoms with E-state index in [1.807, 2.05) is 5.38 Å². The van der Waals surface area contributed by atoms with Crippen molar-refractivity contribution in [2.45, 2.75) is 19.3 Å². The molecule has 1 aliphatic heterocycles. The SMILES string of the molecule is Nc1nc(N2CCCCC2)c2ccsc2n1. The molecule has 0 spiro atoms. The number of piperidine rings is 1. The van der Waals surface area contributed by atoms with Crippen LogP contribution in [0.5, 0.6) is 0 Å². The summed E-state index contributed by atoms with van der Waals surface area (Å²) in [5, 5.41) is 3.19. The summed E-state index contributed by atoms with van der Waals surface area (Å²) in [6.45, 7) is 2.17. The minimum atomic E-state index is 0.385. The number of hydrogen-bond acceptors (Lipinski definition) is 5. The molecule has 0 aliphatic carbocycles. The summed E-state index contributed by atoms with van der Waals surface area (Å²) in [7, 11) is 0. The predicted molar refractivity (Wildman–Crippen MR) is 67.9 cm³/mol. The second-order valence-electron chi connectivity index (χ2n) is 4.09. The molecule has 1 aliphatic rings. The molecule has 0 aromatic carbocycles. The van der Waals surface area contributed by atoms with E-state index in [2.05, 4.69) is 20.9 Å². The van der Waals surface area contributed by atoms with E-state index in [0.29, 0.717) is 5.95 Å². The molecule has 16 heavy (non-hydrogen) atoms. The predicted octanol–water partition coefficient (Wildman–Crippen LogP) is 2.26. The Labute approximate surface area is 98.1 Å². The van der Waals surface area contributed by atoms with Crippen molar-refractivity contribution in [2.75, 3.05) is 23.7 Å². The van der Waals surface area contributed by atoms with Crippen LogP contribution >= 0.6 is 11.3 Å². The first-order valence-corrected chi connectivity index (χ1v) is 6.48. The first-order valence-electron chi connectivity index (χ1n) is 5.60. The lowest BCUT2D eigenvalue weighted by Crippen LogP contribution is -2.30. The van der Waals surface area contributed by atoms with Crippen molar-refractivity contribution in [3.05, 3.63) is 11.4 Å². The van der Waals surface area contributed by atoms with Gasteiger partial charge in [-0.2, -0.15) is 4.98 Å². The summed E-state index contributed by atoms with van der Waals surface area (Å²) >= 11 is 1.62. The van der Waals surface area contributed by atoms with Gasteiger partial charge in [0, 0.05) is 13.1 Å². The molecule has 2 aromatic rings. The van der Waals surface area contributed by atoms with Crippen molar-refractivity contribution in [3.8, 4) is 0 Å². The van der Waals surface area contributed by atoms with Crippen LogP contribution in [0.3, 0.4) is 0 Å². The smallest absolute Gasteiger partial charge is 0.223 e. The fourth-order valence-corrected chi connectivity index (χ4v) is 2.97. The van der Waals surface area contributed by atoms with Gasteiger partial charge in [-0.3, -0.25) is 0 Å². The second kappa shape index (κ2) is 3.90. The minimum Gasteiger partial charge on any atom is -0.368 e. The molecule has 0 unspecified atom stereocenters.